The summed E-state index contributed by atoms with van der Waals surface area (Å²) in [4.78, 5) is 24.7. The fraction of sp³-hybridized carbons (Fsp3) is 0. The van der Waals surface area contributed by atoms with Crippen molar-refractivity contribution >= 4 is 54.8 Å². The molecule has 304 valence electrons. The SMILES string of the molecule is c1ccc(-c2cccc(-n3c4ccccc4c4cc5cc(-c6nc(-c7ccc(-c8nc9ccccc9o8)cc7)nc(-c7ccc(-c8nc9ccccc9o8)cc7)n6)ccc5cc43)c2)cc1. The van der Waals surface area contributed by atoms with Crippen molar-refractivity contribution in [2.45, 2.75) is 0 Å². The average molecular weight is 835 g/mol. The number of hydrogen-bond donors (Lipinski definition) is 0. The van der Waals surface area contributed by atoms with E-state index in [9.17, 15) is 0 Å². The molecule has 13 aromatic rings. The molecule has 0 saturated heterocycles. The average Bonchev–Trinajstić information content (AvgIpc) is 4.10. The Kier molecular flexibility index (Phi) is 8.35. The highest BCUT2D eigenvalue weighted by Gasteiger charge is 2.18. The summed E-state index contributed by atoms with van der Waals surface area (Å²) in [7, 11) is 0. The van der Waals surface area contributed by atoms with Crippen LogP contribution >= 0.6 is 0 Å². The topological polar surface area (TPSA) is 95.7 Å². The van der Waals surface area contributed by atoms with Gasteiger partial charge in [-0.05, 0) is 107 Å². The lowest BCUT2D eigenvalue weighted by Crippen LogP contribution is -2.00. The van der Waals surface area contributed by atoms with Crippen LogP contribution in [0.5, 0.6) is 0 Å². The predicted octanol–water partition coefficient (Wildman–Crippen LogP) is 14.4. The molecule has 4 heterocycles. The summed E-state index contributed by atoms with van der Waals surface area (Å²) in [6, 6.07) is 70.5. The van der Waals surface area contributed by atoms with Crippen molar-refractivity contribution in [1.29, 1.82) is 0 Å². The molecule has 0 saturated carbocycles. The van der Waals surface area contributed by atoms with Gasteiger partial charge in [0.15, 0.2) is 28.6 Å². The summed E-state index contributed by atoms with van der Waals surface area (Å²) in [5.74, 6) is 2.78. The predicted molar refractivity (Wildman–Crippen MR) is 259 cm³/mol. The zero-order valence-electron chi connectivity index (χ0n) is 34.6. The van der Waals surface area contributed by atoms with Crippen LogP contribution in [0.1, 0.15) is 0 Å². The van der Waals surface area contributed by atoms with Crippen LogP contribution in [0.3, 0.4) is 0 Å². The van der Waals surface area contributed by atoms with Gasteiger partial charge in [0.1, 0.15) is 11.0 Å². The van der Waals surface area contributed by atoms with E-state index in [0.29, 0.717) is 29.3 Å². The molecule has 0 amide bonds. The molecule has 0 aliphatic rings. The smallest absolute Gasteiger partial charge is 0.227 e. The van der Waals surface area contributed by atoms with Gasteiger partial charge in [0.25, 0.3) is 0 Å². The van der Waals surface area contributed by atoms with E-state index in [0.717, 1.165) is 77.5 Å². The second-order valence-electron chi connectivity index (χ2n) is 16.1. The van der Waals surface area contributed by atoms with Crippen LogP contribution in [0.25, 0.3) is 129 Å². The Morgan fingerprint density at radius 2 is 0.846 bits per heavy atom. The number of para-hydroxylation sites is 5. The molecular weight excluding hydrogens is 801 g/mol. The van der Waals surface area contributed by atoms with Crippen LogP contribution in [0, 0.1) is 0 Å². The molecule has 0 aliphatic heterocycles. The third-order valence-electron chi connectivity index (χ3n) is 12.1. The Hall–Kier alpha value is -9.01. The van der Waals surface area contributed by atoms with Crippen molar-refractivity contribution < 1.29 is 8.83 Å². The lowest BCUT2D eigenvalue weighted by molar-refractivity contribution is 0.619. The molecule has 8 heteroatoms. The molecule has 0 aliphatic carbocycles. The van der Waals surface area contributed by atoms with Gasteiger partial charge >= 0.3 is 0 Å². The van der Waals surface area contributed by atoms with Gasteiger partial charge < -0.3 is 13.4 Å². The molecule has 0 radical (unpaired) electrons. The van der Waals surface area contributed by atoms with E-state index >= 15 is 0 Å². The number of nitrogens with zero attached hydrogens (tertiary/aromatic N) is 6. The highest BCUT2D eigenvalue weighted by Crippen LogP contribution is 2.38. The Balaban J connectivity index is 0.923. The fourth-order valence-corrected chi connectivity index (χ4v) is 8.86. The monoisotopic (exact) mass is 834 g/mol. The number of rotatable bonds is 7. The Bertz CT molecular complexity index is 3740. The third-order valence-corrected chi connectivity index (χ3v) is 12.1. The van der Waals surface area contributed by atoms with Crippen molar-refractivity contribution in [3.05, 3.63) is 206 Å². The lowest BCUT2D eigenvalue weighted by atomic mass is 10.0. The van der Waals surface area contributed by atoms with Crippen molar-refractivity contribution in [2.75, 3.05) is 0 Å². The van der Waals surface area contributed by atoms with Gasteiger partial charge in [0, 0.05) is 44.3 Å². The number of aromatic nitrogens is 6. The minimum atomic E-state index is 0.550. The zero-order chi connectivity index (χ0) is 42.8. The first-order valence-electron chi connectivity index (χ1n) is 21.5. The normalized spacial score (nSPS) is 11.7. The van der Waals surface area contributed by atoms with E-state index in [-0.39, 0.29) is 0 Å². The molecule has 0 bridgehead atoms. The molecule has 0 unspecified atom stereocenters. The number of benzene rings is 9. The molecule has 13 rings (SSSR count). The Labute approximate surface area is 371 Å². The fourth-order valence-electron chi connectivity index (χ4n) is 8.86. The van der Waals surface area contributed by atoms with Gasteiger partial charge in [-0.3, -0.25) is 0 Å². The Morgan fingerprint density at radius 1 is 0.308 bits per heavy atom. The van der Waals surface area contributed by atoms with Crippen LogP contribution in [-0.4, -0.2) is 29.5 Å². The van der Waals surface area contributed by atoms with E-state index in [2.05, 4.69) is 114 Å². The molecule has 65 heavy (non-hydrogen) atoms. The van der Waals surface area contributed by atoms with Crippen molar-refractivity contribution in [3.63, 3.8) is 0 Å². The van der Waals surface area contributed by atoms with E-state index in [1.807, 2.05) is 97.1 Å². The second kappa shape index (κ2) is 14.8. The maximum Gasteiger partial charge on any atom is 0.227 e. The van der Waals surface area contributed by atoms with Crippen molar-refractivity contribution in [3.8, 4) is 73.9 Å². The molecule has 0 N–H and O–H groups in total. The maximum absolute atomic E-state index is 6.08. The van der Waals surface area contributed by atoms with E-state index < -0.39 is 0 Å². The van der Waals surface area contributed by atoms with E-state index in [4.69, 9.17) is 33.8 Å². The standard InChI is InChI=1S/C57H34N6O2/c1-2-11-35(12-3-1)40-13-10-14-44(32-40)63-49-18-7-4-15-45(49)46-33-43-31-42(30-29-41(43)34-50(46)63)55-61-53(36-21-25-38(26-22-36)56-58-47-16-5-8-19-51(47)64-56)60-54(62-55)37-23-27-39(28-24-37)57-59-48-17-6-9-20-52(48)65-57/h1-34H. The summed E-state index contributed by atoms with van der Waals surface area (Å²) >= 11 is 0. The molecule has 9 aromatic carbocycles. The highest BCUT2D eigenvalue weighted by molar-refractivity contribution is 6.14. The molecule has 0 spiro atoms. The number of fused-ring (bicyclic) bond motifs is 6. The molecule has 8 nitrogen and oxygen atoms in total. The summed E-state index contributed by atoms with van der Waals surface area (Å²) in [5, 5.41) is 4.56. The van der Waals surface area contributed by atoms with E-state index in [1.165, 1.54) is 21.9 Å². The number of oxazole rings is 2. The second-order valence-corrected chi connectivity index (χ2v) is 16.1. The minimum absolute atomic E-state index is 0.550. The third kappa shape index (κ3) is 6.43. The van der Waals surface area contributed by atoms with Crippen molar-refractivity contribution in [2.24, 2.45) is 0 Å². The maximum atomic E-state index is 6.08. The zero-order valence-corrected chi connectivity index (χ0v) is 34.6. The quantitative estimate of drug-likeness (QED) is 0.158. The van der Waals surface area contributed by atoms with Crippen LogP contribution in [-0.2, 0) is 0 Å². The highest BCUT2D eigenvalue weighted by atomic mass is 16.4. The van der Waals surface area contributed by atoms with Gasteiger partial charge in [-0.2, -0.15) is 0 Å². The summed E-state index contributed by atoms with van der Waals surface area (Å²) in [6.07, 6.45) is 0. The molecule has 0 atom stereocenters. The summed E-state index contributed by atoms with van der Waals surface area (Å²) < 4.78 is 14.5. The molecular formula is C57H34N6O2. The first-order chi connectivity index (χ1) is 32.1. The lowest BCUT2D eigenvalue weighted by Gasteiger charge is -2.11. The van der Waals surface area contributed by atoms with Crippen LogP contribution < -0.4 is 0 Å². The largest absolute Gasteiger partial charge is 0.436 e. The van der Waals surface area contributed by atoms with Crippen LogP contribution in [0.2, 0.25) is 0 Å². The van der Waals surface area contributed by atoms with Gasteiger partial charge in [-0.25, -0.2) is 24.9 Å². The Morgan fingerprint density at radius 3 is 1.49 bits per heavy atom. The van der Waals surface area contributed by atoms with E-state index in [1.54, 1.807) is 0 Å². The van der Waals surface area contributed by atoms with Gasteiger partial charge in [-0.15, -0.1) is 0 Å². The first-order valence-corrected chi connectivity index (χ1v) is 21.5. The summed E-state index contributed by atoms with van der Waals surface area (Å²) in [5.41, 5.74) is 13.2. The van der Waals surface area contributed by atoms with Crippen LogP contribution in [0.15, 0.2) is 215 Å². The first kappa shape index (κ1) is 36.6. The van der Waals surface area contributed by atoms with Crippen LogP contribution in [0.4, 0.5) is 0 Å². The van der Waals surface area contributed by atoms with Gasteiger partial charge in [-0.1, -0.05) is 121 Å². The summed E-state index contributed by atoms with van der Waals surface area (Å²) in [6.45, 7) is 0. The minimum Gasteiger partial charge on any atom is -0.436 e. The number of hydrogen-bond acceptors (Lipinski definition) is 7. The molecule has 4 aromatic heterocycles. The molecule has 0 fully saturated rings. The van der Waals surface area contributed by atoms with Crippen molar-refractivity contribution in [1.82, 2.24) is 29.5 Å². The van der Waals surface area contributed by atoms with Gasteiger partial charge in [0.2, 0.25) is 11.8 Å². The van der Waals surface area contributed by atoms with Gasteiger partial charge in [0.05, 0.1) is 11.0 Å².